The van der Waals surface area contributed by atoms with Crippen LogP contribution in [0, 0.1) is 0 Å². The summed E-state index contributed by atoms with van der Waals surface area (Å²) in [6.07, 6.45) is -2.59. The van der Waals surface area contributed by atoms with Crippen LogP contribution in [0.5, 0.6) is 17.2 Å². The van der Waals surface area contributed by atoms with Gasteiger partial charge in [0.2, 0.25) is 0 Å². The number of aromatic nitrogens is 1. The Morgan fingerprint density at radius 2 is 1.78 bits per heavy atom. The topological polar surface area (TPSA) is 46.7 Å². The van der Waals surface area contributed by atoms with Crippen LogP contribution in [0.2, 0.25) is 0 Å². The third-order valence-electron chi connectivity index (χ3n) is 7.53. The highest BCUT2D eigenvalue weighted by Crippen LogP contribution is 2.44. The first-order valence-electron chi connectivity index (χ1n) is 12.3. The summed E-state index contributed by atoms with van der Waals surface area (Å²) >= 11 is 0. The Hall–Kier alpha value is -3.65. The number of hydrogen-bond acceptors (Lipinski definition) is 4. The number of benzene rings is 3. The van der Waals surface area contributed by atoms with E-state index in [1.807, 2.05) is 12.1 Å². The molecule has 0 amide bonds. The summed E-state index contributed by atoms with van der Waals surface area (Å²) < 4.78 is 55.9. The van der Waals surface area contributed by atoms with Crippen molar-refractivity contribution in [2.24, 2.45) is 0 Å². The maximum Gasteiger partial charge on any atom is 0.416 e. The second-order valence-electron chi connectivity index (χ2n) is 9.62. The quantitative estimate of drug-likeness (QED) is 0.337. The molecular weight excluding hydrogens is 481 g/mol. The summed E-state index contributed by atoms with van der Waals surface area (Å²) in [6.45, 7) is 1.93. The maximum absolute atomic E-state index is 12.9. The highest BCUT2D eigenvalue weighted by atomic mass is 19.4. The first-order valence-corrected chi connectivity index (χ1v) is 12.3. The Morgan fingerprint density at radius 1 is 0.973 bits per heavy atom. The van der Waals surface area contributed by atoms with Crippen LogP contribution in [-0.4, -0.2) is 30.6 Å². The Labute approximate surface area is 212 Å². The van der Waals surface area contributed by atoms with Crippen LogP contribution in [0.4, 0.5) is 13.2 Å². The summed E-state index contributed by atoms with van der Waals surface area (Å²) in [4.78, 5) is 6.08. The van der Waals surface area contributed by atoms with Crippen molar-refractivity contribution in [3.8, 4) is 17.2 Å². The van der Waals surface area contributed by atoms with Crippen molar-refractivity contribution in [1.82, 2.24) is 9.88 Å². The second-order valence-corrected chi connectivity index (χ2v) is 9.62. The lowest BCUT2D eigenvalue weighted by atomic mass is 9.85. The van der Waals surface area contributed by atoms with Gasteiger partial charge in [-0.05, 0) is 77.6 Å². The molecule has 192 valence electrons. The summed E-state index contributed by atoms with van der Waals surface area (Å²) in [7, 11) is 3.28. The van der Waals surface area contributed by atoms with E-state index >= 15 is 0 Å². The van der Waals surface area contributed by atoms with Crippen molar-refractivity contribution in [3.05, 3.63) is 88.1 Å². The molecule has 0 unspecified atom stereocenters. The lowest BCUT2D eigenvalue weighted by molar-refractivity contribution is -0.137. The molecule has 0 fully saturated rings. The number of aromatic amines is 1. The smallest absolute Gasteiger partial charge is 0.416 e. The number of fused-ring (bicyclic) bond motifs is 6. The van der Waals surface area contributed by atoms with Gasteiger partial charge in [0, 0.05) is 35.7 Å². The Bertz CT molecular complexity index is 1460. The van der Waals surface area contributed by atoms with Gasteiger partial charge < -0.3 is 19.2 Å². The molecule has 3 aromatic carbocycles. The highest BCUT2D eigenvalue weighted by molar-refractivity contribution is 5.86. The van der Waals surface area contributed by atoms with Crippen LogP contribution < -0.4 is 14.2 Å². The first-order chi connectivity index (χ1) is 17.8. The Morgan fingerprint density at radius 3 is 2.51 bits per heavy atom. The van der Waals surface area contributed by atoms with Crippen molar-refractivity contribution in [1.29, 1.82) is 0 Å². The molecule has 8 heteroatoms. The maximum atomic E-state index is 12.9. The van der Waals surface area contributed by atoms with Gasteiger partial charge in [-0.25, -0.2) is 0 Å². The summed E-state index contributed by atoms with van der Waals surface area (Å²) in [5.74, 6) is 2.06. The number of rotatable bonds is 5. The van der Waals surface area contributed by atoms with Crippen molar-refractivity contribution in [2.75, 3.05) is 20.8 Å². The van der Waals surface area contributed by atoms with Gasteiger partial charge in [-0.3, -0.25) is 4.90 Å². The predicted octanol–water partition coefficient (Wildman–Crippen LogP) is 6.44. The Balaban J connectivity index is 1.30. The number of nitrogens with zero attached hydrogens (tertiary/aromatic N) is 1. The van der Waals surface area contributed by atoms with Gasteiger partial charge in [-0.1, -0.05) is 12.1 Å². The molecule has 5 nitrogen and oxygen atoms in total. The molecule has 0 saturated carbocycles. The van der Waals surface area contributed by atoms with Crippen molar-refractivity contribution < 1.29 is 27.4 Å². The van der Waals surface area contributed by atoms with E-state index in [0.29, 0.717) is 17.1 Å². The van der Waals surface area contributed by atoms with Crippen LogP contribution in [0.1, 0.15) is 39.6 Å². The van der Waals surface area contributed by atoms with E-state index in [4.69, 9.17) is 14.2 Å². The van der Waals surface area contributed by atoms with Gasteiger partial charge in [0.15, 0.2) is 11.5 Å². The zero-order valence-corrected chi connectivity index (χ0v) is 20.6. The molecular formula is C29H27F3N2O3. The largest absolute Gasteiger partial charge is 0.497 e. The molecule has 37 heavy (non-hydrogen) atoms. The van der Waals surface area contributed by atoms with E-state index in [2.05, 4.69) is 28.1 Å². The molecule has 1 atom stereocenters. The Kier molecular flexibility index (Phi) is 5.79. The van der Waals surface area contributed by atoms with Gasteiger partial charge in [0.05, 0.1) is 19.8 Å². The molecule has 0 bridgehead atoms. The van der Waals surface area contributed by atoms with E-state index < -0.39 is 11.7 Å². The van der Waals surface area contributed by atoms with Crippen molar-refractivity contribution in [3.63, 3.8) is 0 Å². The van der Waals surface area contributed by atoms with Gasteiger partial charge in [-0.2, -0.15) is 13.2 Å². The minimum Gasteiger partial charge on any atom is -0.497 e. The zero-order valence-electron chi connectivity index (χ0n) is 20.6. The minimum absolute atomic E-state index is 0.147. The molecule has 0 saturated heterocycles. The average molecular weight is 509 g/mol. The van der Waals surface area contributed by atoms with Crippen molar-refractivity contribution in [2.45, 2.75) is 38.2 Å². The first kappa shape index (κ1) is 23.7. The fourth-order valence-corrected chi connectivity index (χ4v) is 5.59. The average Bonchev–Trinajstić information content (AvgIpc) is 3.26. The molecule has 1 aromatic heterocycles. The number of hydrogen-bond donors (Lipinski definition) is 1. The van der Waals surface area contributed by atoms with E-state index in [0.717, 1.165) is 49.3 Å². The zero-order chi connectivity index (χ0) is 25.7. The number of H-pyrrole nitrogens is 1. The lowest BCUT2D eigenvalue weighted by Crippen LogP contribution is -2.39. The molecule has 3 heterocycles. The third kappa shape index (κ3) is 4.29. The van der Waals surface area contributed by atoms with Crippen LogP contribution in [0.15, 0.2) is 54.6 Å². The van der Waals surface area contributed by atoms with E-state index in [1.165, 1.54) is 39.9 Å². The SMILES string of the molecule is COc1ccc2[nH]c3c(c2c1)C[C@H]1c2cc(OCc4ccc(C(F)(F)F)cc4)c(OC)cc2CCN1C3. The van der Waals surface area contributed by atoms with Crippen LogP contribution in [0.25, 0.3) is 10.9 Å². The fraction of sp³-hybridized carbons (Fsp3) is 0.310. The number of ether oxygens (including phenoxy) is 3. The molecule has 0 radical (unpaired) electrons. The summed E-state index contributed by atoms with van der Waals surface area (Å²) in [5, 5.41) is 1.19. The number of halogens is 3. The van der Waals surface area contributed by atoms with Crippen LogP contribution in [-0.2, 0) is 32.2 Å². The number of methoxy groups -OCH3 is 2. The predicted molar refractivity (Wildman–Crippen MR) is 134 cm³/mol. The molecule has 2 aliphatic heterocycles. The normalized spacial score (nSPS) is 17.2. The summed E-state index contributed by atoms with van der Waals surface area (Å²) in [5.41, 5.74) is 6.10. The van der Waals surface area contributed by atoms with E-state index in [9.17, 15) is 13.2 Å². The molecule has 2 aliphatic rings. The van der Waals surface area contributed by atoms with E-state index in [-0.39, 0.29) is 12.6 Å². The molecule has 0 spiro atoms. The van der Waals surface area contributed by atoms with E-state index in [1.54, 1.807) is 14.2 Å². The minimum atomic E-state index is -4.36. The van der Waals surface area contributed by atoms with Gasteiger partial charge >= 0.3 is 6.18 Å². The number of alkyl halides is 3. The van der Waals surface area contributed by atoms with Crippen molar-refractivity contribution >= 4 is 10.9 Å². The molecule has 0 aliphatic carbocycles. The standard InChI is InChI=1S/C29H27F3N2O3/c1-35-20-7-8-24-22(12-20)23-13-26-21-14-28(37-16-17-3-5-19(6-4-17)29(30,31)32)27(36-2)11-18(21)9-10-34(26)15-25(23)33-24/h3-8,11-12,14,26,33H,9-10,13,15-16H2,1-2H3/t26-/m0/s1. The molecule has 6 rings (SSSR count). The number of nitrogens with one attached hydrogen (secondary N) is 1. The fourth-order valence-electron chi connectivity index (χ4n) is 5.59. The third-order valence-corrected chi connectivity index (χ3v) is 7.53. The van der Waals surface area contributed by atoms with Crippen LogP contribution in [0.3, 0.4) is 0 Å². The van der Waals surface area contributed by atoms with Gasteiger partial charge in [0.25, 0.3) is 0 Å². The van der Waals surface area contributed by atoms with Gasteiger partial charge in [0.1, 0.15) is 12.4 Å². The van der Waals surface area contributed by atoms with Gasteiger partial charge in [-0.15, -0.1) is 0 Å². The molecule has 4 aromatic rings. The van der Waals surface area contributed by atoms with Crippen LogP contribution >= 0.6 is 0 Å². The monoisotopic (exact) mass is 508 g/mol. The molecule has 1 N–H and O–H groups in total. The lowest BCUT2D eigenvalue weighted by Gasteiger charge is -2.40. The summed E-state index contributed by atoms with van der Waals surface area (Å²) in [6, 6.07) is 15.5. The second kappa shape index (κ2) is 9.03. The highest BCUT2D eigenvalue weighted by Gasteiger charge is 2.35.